The van der Waals surface area contributed by atoms with Gasteiger partial charge in [-0.25, -0.2) is 0 Å². The lowest BCUT2D eigenvalue weighted by Crippen LogP contribution is -2.20. The van der Waals surface area contributed by atoms with E-state index in [0.29, 0.717) is 5.56 Å². The first kappa shape index (κ1) is 16.0. The Hall–Kier alpha value is -1.06. The average molecular weight is 266 g/mol. The molecule has 1 aromatic carbocycles. The molecule has 0 aromatic heterocycles. The minimum absolute atomic E-state index is 0.0986. The lowest BCUT2D eigenvalue weighted by atomic mass is 9.77. The van der Waals surface area contributed by atoms with Gasteiger partial charge < -0.3 is 15.3 Å². The van der Waals surface area contributed by atoms with Crippen LogP contribution in [-0.4, -0.2) is 21.9 Å². The highest BCUT2D eigenvalue weighted by Gasteiger charge is 2.29. The summed E-state index contributed by atoms with van der Waals surface area (Å²) < 4.78 is 0. The summed E-state index contributed by atoms with van der Waals surface area (Å²) in [6.45, 7) is 11.7. The van der Waals surface area contributed by atoms with Crippen molar-refractivity contribution in [2.45, 2.75) is 58.5 Å². The number of aromatic hydroxyl groups is 1. The van der Waals surface area contributed by atoms with E-state index in [-0.39, 0.29) is 16.6 Å². The van der Waals surface area contributed by atoms with E-state index in [1.54, 1.807) is 0 Å². The fourth-order valence-corrected chi connectivity index (χ4v) is 2.30. The molecule has 0 aliphatic heterocycles. The van der Waals surface area contributed by atoms with Crippen LogP contribution in [-0.2, 0) is 10.8 Å². The molecule has 1 atom stereocenters. The van der Waals surface area contributed by atoms with Gasteiger partial charge >= 0.3 is 0 Å². The number of phenols is 1. The molecule has 19 heavy (non-hydrogen) atoms. The third-order valence-corrected chi connectivity index (χ3v) is 3.34. The molecule has 3 N–H and O–H groups in total. The molecule has 0 saturated heterocycles. The molecule has 1 unspecified atom stereocenters. The SMILES string of the molecule is CC(C)(C)c1ccc(C(C)(C)C)c(C(O)CO)c1O. The molecule has 0 bridgehead atoms. The Labute approximate surface area is 115 Å². The van der Waals surface area contributed by atoms with Gasteiger partial charge in [0.1, 0.15) is 11.9 Å². The summed E-state index contributed by atoms with van der Waals surface area (Å²) in [5.41, 5.74) is 1.66. The summed E-state index contributed by atoms with van der Waals surface area (Å²) in [6.07, 6.45) is -1.06. The lowest BCUT2D eigenvalue weighted by Gasteiger charge is -2.29. The molecule has 0 aliphatic rings. The molecule has 0 amide bonds. The van der Waals surface area contributed by atoms with Crippen molar-refractivity contribution in [3.63, 3.8) is 0 Å². The Morgan fingerprint density at radius 2 is 1.37 bits per heavy atom. The van der Waals surface area contributed by atoms with Crippen molar-refractivity contribution in [2.75, 3.05) is 6.61 Å². The Morgan fingerprint density at radius 3 is 1.74 bits per heavy atom. The topological polar surface area (TPSA) is 60.7 Å². The smallest absolute Gasteiger partial charge is 0.125 e. The predicted molar refractivity (Wildman–Crippen MR) is 77.6 cm³/mol. The predicted octanol–water partition coefficient (Wildman–Crippen LogP) is 3.01. The highest BCUT2D eigenvalue weighted by Crippen LogP contribution is 2.41. The van der Waals surface area contributed by atoms with Gasteiger partial charge in [0, 0.05) is 5.56 Å². The standard InChI is InChI=1S/C16H26O3/c1-15(2,3)10-7-8-11(16(4,5)6)14(19)13(10)12(18)9-17/h7-8,12,17-19H,9H2,1-6H3. The molecule has 1 aromatic rings. The van der Waals surface area contributed by atoms with Crippen LogP contribution < -0.4 is 0 Å². The van der Waals surface area contributed by atoms with Crippen LogP contribution in [0.15, 0.2) is 12.1 Å². The summed E-state index contributed by atoms with van der Waals surface area (Å²) in [4.78, 5) is 0. The first-order valence-corrected chi connectivity index (χ1v) is 6.66. The molecule has 3 heteroatoms. The monoisotopic (exact) mass is 266 g/mol. The van der Waals surface area contributed by atoms with Gasteiger partial charge in [0.25, 0.3) is 0 Å². The second kappa shape index (κ2) is 5.14. The van der Waals surface area contributed by atoms with Gasteiger partial charge in [0.05, 0.1) is 6.61 Å². The lowest BCUT2D eigenvalue weighted by molar-refractivity contribution is 0.0917. The molecule has 0 saturated carbocycles. The van der Waals surface area contributed by atoms with E-state index in [0.717, 1.165) is 11.1 Å². The molecular formula is C16H26O3. The summed E-state index contributed by atoms with van der Waals surface area (Å²) in [6, 6.07) is 3.85. The molecule has 0 radical (unpaired) electrons. The van der Waals surface area contributed by atoms with E-state index in [4.69, 9.17) is 0 Å². The number of benzene rings is 1. The number of hydrogen-bond acceptors (Lipinski definition) is 3. The fraction of sp³-hybridized carbons (Fsp3) is 0.625. The van der Waals surface area contributed by atoms with Crippen LogP contribution >= 0.6 is 0 Å². The molecule has 0 fully saturated rings. The highest BCUT2D eigenvalue weighted by atomic mass is 16.3. The summed E-state index contributed by atoms with van der Waals surface area (Å²) in [7, 11) is 0. The Bertz CT molecular complexity index is 450. The van der Waals surface area contributed by atoms with Crippen LogP contribution in [0.25, 0.3) is 0 Å². The van der Waals surface area contributed by atoms with Crippen molar-refractivity contribution in [1.29, 1.82) is 0 Å². The second-order valence-electron chi connectivity index (χ2n) is 7.12. The van der Waals surface area contributed by atoms with Crippen LogP contribution in [0.3, 0.4) is 0 Å². The van der Waals surface area contributed by atoms with Gasteiger partial charge in [-0.2, -0.15) is 0 Å². The van der Waals surface area contributed by atoms with Gasteiger partial charge in [-0.1, -0.05) is 53.7 Å². The van der Waals surface area contributed by atoms with Crippen molar-refractivity contribution in [1.82, 2.24) is 0 Å². The second-order valence-corrected chi connectivity index (χ2v) is 7.12. The summed E-state index contributed by atoms with van der Waals surface area (Å²) in [5, 5.41) is 29.8. The van der Waals surface area contributed by atoms with Gasteiger partial charge in [-0.3, -0.25) is 0 Å². The number of phenolic OH excluding ortho intramolecular Hbond substituents is 1. The van der Waals surface area contributed by atoms with Crippen LogP contribution in [0.1, 0.15) is 64.3 Å². The maximum absolute atomic E-state index is 10.5. The van der Waals surface area contributed by atoms with E-state index in [2.05, 4.69) is 0 Å². The van der Waals surface area contributed by atoms with E-state index in [1.165, 1.54) is 0 Å². The third kappa shape index (κ3) is 3.28. The van der Waals surface area contributed by atoms with Crippen LogP contribution in [0.2, 0.25) is 0 Å². The normalized spacial score (nSPS) is 14.5. The van der Waals surface area contributed by atoms with Gasteiger partial charge in [0.15, 0.2) is 0 Å². The van der Waals surface area contributed by atoms with E-state index in [1.807, 2.05) is 53.7 Å². The number of rotatable bonds is 2. The molecular weight excluding hydrogens is 240 g/mol. The summed E-state index contributed by atoms with van der Waals surface area (Å²) in [5.74, 6) is 0.0986. The molecule has 1 rings (SSSR count). The van der Waals surface area contributed by atoms with Gasteiger partial charge in [0.2, 0.25) is 0 Å². The van der Waals surface area contributed by atoms with Crippen LogP contribution in [0.4, 0.5) is 0 Å². The fourth-order valence-electron chi connectivity index (χ4n) is 2.30. The van der Waals surface area contributed by atoms with Crippen molar-refractivity contribution < 1.29 is 15.3 Å². The number of aliphatic hydroxyl groups is 2. The first-order chi connectivity index (χ1) is 8.50. The number of aliphatic hydroxyl groups excluding tert-OH is 2. The van der Waals surface area contributed by atoms with Gasteiger partial charge in [-0.15, -0.1) is 0 Å². The minimum atomic E-state index is -1.06. The third-order valence-electron chi connectivity index (χ3n) is 3.34. The Morgan fingerprint density at radius 1 is 0.947 bits per heavy atom. The van der Waals surface area contributed by atoms with E-state index < -0.39 is 12.7 Å². The Balaban J connectivity index is 3.60. The minimum Gasteiger partial charge on any atom is -0.507 e. The van der Waals surface area contributed by atoms with Crippen LogP contribution in [0, 0.1) is 0 Å². The quantitative estimate of drug-likeness (QED) is 0.771. The average Bonchev–Trinajstić information content (AvgIpc) is 2.24. The maximum atomic E-state index is 10.5. The number of hydrogen-bond donors (Lipinski definition) is 3. The van der Waals surface area contributed by atoms with Gasteiger partial charge in [-0.05, 0) is 22.0 Å². The van der Waals surface area contributed by atoms with Crippen molar-refractivity contribution in [2.24, 2.45) is 0 Å². The molecule has 108 valence electrons. The zero-order chi connectivity index (χ0) is 15.0. The van der Waals surface area contributed by atoms with Crippen LogP contribution in [0.5, 0.6) is 5.75 Å². The molecule has 0 spiro atoms. The van der Waals surface area contributed by atoms with Crippen molar-refractivity contribution in [3.8, 4) is 5.75 Å². The zero-order valence-corrected chi connectivity index (χ0v) is 12.8. The molecule has 3 nitrogen and oxygen atoms in total. The largest absolute Gasteiger partial charge is 0.507 e. The Kier molecular flexibility index (Phi) is 4.33. The zero-order valence-electron chi connectivity index (χ0n) is 12.8. The maximum Gasteiger partial charge on any atom is 0.125 e. The van der Waals surface area contributed by atoms with E-state index >= 15 is 0 Å². The van der Waals surface area contributed by atoms with Crippen molar-refractivity contribution >= 4 is 0 Å². The first-order valence-electron chi connectivity index (χ1n) is 6.66. The molecule has 0 heterocycles. The van der Waals surface area contributed by atoms with E-state index in [9.17, 15) is 15.3 Å². The van der Waals surface area contributed by atoms with Crippen molar-refractivity contribution in [3.05, 3.63) is 28.8 Å². The summed E-state index contributed by atoms with van der Waals surface area (Å²) >= 11 is 0. The highest BCUT2D eigenvalue weighted by molar-refractivity contribution is 5.51. The molecule has 0 aliphatic carbocycles.